The summed E-state index contributed by atoms with van der Waals surface area (Å²) in [5.74, 6) is 0. The van der Waals surface area contributed by atoms with E-state index in [0.717, 1.165) is 44.8 Å². The lowest BCUT2D eigenvalue weighted by molar-refractivity contribution is 0.657. The number of benzene rings is 6. The third-order valence-corrected chi connectivity index (χ3v) is 10.2. The molecule has 0 spiro atoms. The minimum Gasteiger partial charge on any atom is -0.456 e. The quantitative estimate of drug-likeness (QED) is 0.201. The Hall–Kier alpha value is -5.93. The predicted octanol–water partition coefficient (Wildman–Crippen LogP) is 11.7. The largest absolute Gasteiger partial charge is 0.456 e. The van der Waals surface area contributed by atoms with Crippen molar-refractivity contribution in [2.45, 2.75) is 19.3 Å². The summed E-state index contributed by atoms with van der Waals surface area (Å²) in [5, 5.41) is 4.87. The van der Waals surface area contributed by atoms with Gasteiger partial charge in [0.25, 0.3) is 0 Å². The summed E-state index contributed by atoms with van der Waals surface area (Å²) < 4.78 is 8.82. The van der Waals surface area contributed by atoms with Gasteiger partial charge < -0.3 is 8.98 Å². The van der Waals surface area contributed by atoms with Gasteiger partial charge in [-0.2, -0.15) is 0 Å². The van der Waals surface area contributed by atoms with Crippen molar-refractivity contribution in [3.8, 4) is 39.3 Å². The van der Waals surface area contributed by atoms with Crippen molar-refractivity contribution in [3.05, 3.63) is 157 Å². The van der Waals surface area contributed by atoms with Gasteiger partial charge in [-0.25, -0.2) is 4.98 Å². The maximum atomic E-state index is 6.39. The Morgan fingerprint density at radius 3 is 1.89 bits per heavy atom. The maximum Gasteiger partial charge on any atom is 0.136 e. The van der Waals surface area contributed by atoms with E-state index < -0.39 is 0 Å². The van der Waals surface area contributed by atoms with Crippen LogP contribution in [0.5, 0.6) is 0 Å². The van der Waals surface area contributed by atoms with Crippen molar-refractivity contribution in [2.75, 3.05) is 0 Å². The zero-order chi connectivity index (χ0) is 31.3. The molecule has 3 heterocycles. The van der Waals surface area contributed by atoms with Gasteiger partial charge in [-0.3, -0.25) is 0 Å². The molecule has 0 saturated carbocycles. The van der Waals surface area contributed by atoms with E-state index in [4.69, 9.17) is 9.40 Å². The summed E-state index contributed by atoms with van der Waals surface area (Å²) in [6.45, 7) is 4.72. The molecule has 9 aromatic rings. The molecular formula is C44H30N2O. The second-order valence-electron chi connectivity index (χ2n) is 13.2. The zero-order valence-electron chi connectivity index (χ0n) is 26.2. The van der Waals surface area contributed by atoms with Crippen LogP contribution in [0, 0.1) is 0 Å². The molecule has 1 aliphatic carbocycles. The molecule has 0 bridgehead atoms. The maximum absolute atomic E-state index is 6.39. The van der Waals surface area contributed by atoms with Crippen LogP contribution in [0.3, 0.4) is 0 Å². The lowest BCUT2D eigenvalue weighted by atomic mass is 9.82. The Balaban J connectivity index is 1.32. The van der Waals surface area contributed by atoms with Gasteiger partial charge in [-0.05, 0) is 64.7 Å². The van der Waals surface area contributed by atoms with Gasteiger partial charge in [-0.1, -0.05) is 117 Å². The Morgan fingerprint density at radius 2 is 1.17 bits per heavy atom. The molecule has 1 aliphatic rings. The van der Waals surface area contributed by atoms with Gasteiger partial charge in [0.1, 0.15) is 11.2 Å². The van der Waals surface area contributed by atoms with Crippen LogP contribution in [0.4, 0.5) is 0 Å². The fourth-order valence-electron chi connectivity index (χ4n) is 7.94. The topological polar surface area (TPSA) is 31.0 Å². The third kappa shape index (κ3) is 3.71. The van der Waals surface area contributed by atoms with E-state index in [-0.39, 0.29) is 5.41 Å². The van der Waals surface area contributed by atoms with E-state index in [1.165, 1.54) is 49.4 Å². The fourth-order valence-corrected chi connectivity index (χ4v) is 7.94. The predicted molar refractivity (Wildman–Crippen MR) is 194 cm³/mol. The van der Waals surface area contributed by atoms with Crippen LogP contribution in [-0.4, -0.2) is 9.55 Å². The number of nitrogens with zero attached hydrogens (tertiary/aromatic N) is 2. The molecule has 0 aliphatic heterocycles. The van der Waals surface area contributed by atoms with Gasteiger partial charge >= 0.3 is 0 Å². The molecule has 0 N–H and O–H groups in total. The Labute approximate surface area is 272 Å². The lowest BCUT2D eigenvalue weighted by Crippen LogP contribution is -2.14. The van der Waals surface area contributed by atoms with Crippen LogP contribution in [0.1, 0.15) is 25.0 Å². The van der Waals surface area contributed by atoms with Crippen molar-refractivity contribution >= 4 is 43.7 Å². The molecule has 0 unspecified atom stereocenters. The molecule has 0 atom stereocenters. The number of hydrogen-bond donors (Lipinski definition) is 0. The molecule has 222 valence electrons. The molecular weight excluding hydrogens is 572 g/mol. The third-order valence-electron chi connectivity index (χ3n) is 10.2. The van der Waals surface area contributed by atoms with Crippen molar-refractivity contribution in [1.29, 1.82) is 0 Å². The van der Waals surface area contributed by atoms with E-state index >= 15 is 0 Å². The number of hydrogen-bond acceptors (Lipinski definition) is 2. The average Bonchev–Trinajstić information content (AvgIpc) is 3.73. The number of furan rings is 1. The number of aromatic nitrogens is 2. The highest BCUT2D eigenvalue weighted by Gasteiger charge is 2.38. The molecule has 10 rings (SSSR count). The van der Waals surface area contributed by atoms with Crippen LogP contribution >= 0.6 is 0 Å². The highest BCUT2D eigenvalue weighted by molar-refractivity contribution is 6.17. The highest BCUT2D eigenvalue weighted by atomic mass is 16.3. The first-order valence-corrected chi connectivity index (χ1v) is 16.2. The lowest BCUT2D eigenvalue weighted by Gasteiger charge is -2.21. The first-order valence-electron chi connectivity index (χ1n) is 16.2. The van der Waals surface area contributed by atoms with Gasteiger partial charge in [-0.15, -0.1) is 0 Å². The standard InChI is InChI=1S/C44H30N2O/c1-44(2)34-21-22-41-43(31-18-10-12-20-40(31)47-41)42(34)33-26-39-32(25-35(33)44)30-17-9-11-19-38(30)46(39)29-23-36(27-13-5-3-6-14-27)45-37(24-29)28-15-7-4-8-16-28/h3-26H,1-2H3. The number of pyridine rings is 1. The van der Waals surface area contributed by atoms with E-state index in [1.807, 2.05) is 6.07 Å². The average molecular weight is 603 g/mol. The summed E-state index contributed by atoms with van der Waals surface area (Å²) in [4.78, 5) is 5.18. The van der Waals surface area contributed by atoms with Gasteiger partial charge in [0.05, 0.1) is 28.1 Å². The van der Waals surface area contributed by atoms with E-state index in [2.05, 4.69) is 158 Å². The van der Waals surface area contributed by atoms with Crippen LogP contribution in [0.15, 0.2) is 150 Å². The number of rotatable bonds is 3. The molecule has 0 amide bonds. The number of fused-ring (bicyclic) bond motifs is 10. The van der Waals surface area contributed by atoms with Crippen LogP contribution < -0.4 is 0 Å². The van der Waals surface area contributed by atoms with Gasteiger partial charge in [0, 0.05) is 38.1 Å². The molecule has 3 nitrogen and oxygen atoms in total. The van der Waals surface area contributed by atoms with E-state index in [9.17, 15) is 0 Å². The second-order valence-corrected chi connectivity index (χ2v) is 13.2. The van der Waals surface area contributed by atoms with Gasteiger partial charge in [0.2, 0.25) is 0 Å². The summed E-state index contributed by atoms with van der Waals surface area (Å²) in [5.41, 5.74) is 14.5. The first-order chi connectivity index (χ1) is 23.1. The smallest absolute Gasteiger partial charge is 0.136 e. The molecule has 3 aromatic heterocycles. The minimum atomic E-state index is -0.160. The SMILES string of the molecule is CC1(C)c2cc3c4ccccc4n(-c4cc(-c5ccccc5)nc(-c5ccccc5)c4)c3cc2-c2c1ccc1oc3ccccc3c21. The second kappa shape index (κ2) is 9.54. The van der Waals surface area contributed by atoms with Crippen LogP contribution in [0.2, 0.25) is 0 Å². The van der Waals surface area contributed by atoms with Gasteiger partial charge in [0.15, 0.2) is 0 Å². The van der Waals surface area contributed by atoms with Crippen molar-refractivity contribution < 1.29 is 4.42 Å². The van der Waals surface area contributed by atoms with Crippen LogP contribution in [0.25, 0.3) is 83.1 Å². The normalized spacial score (nSPS) is 13.5. The number of para-hydroxylation sites is 2. The van der Waals surface area contributed by atoms with E-state index in [1.54, 1.807) is 0 Å². The van der Waals surface area contributed by atoms with Crippen LogP contribution in [-0.2, 0) is 5.41 Å². The Kier molecular flexibility index (Phi) is 5.34. The molecule has 47 heavy (non-hydrogen) atoms. The molecule has 3 heteroatoms. The molecule has 0 saturated heterocycles. The summed E-state index contributed by atoms with van der Waals surface area (Å²) >= 11 is 0. The van der Waals surface area contributed by atoms with Crippen molar-refractivity contribution in [2.24, 2.45) is 0 Å². The summed E-state index contributed by atoms with van der Waals surface area (Å²) in [6.07, 6.45) is 0. The highest BCUT2D eigenvalue weighted by Crippen LogP contribution is 2.54. The molecule has 6 aromatic carbocycles. The Bertz CT molecular complexity index is 2640. The molecule has 0 fully saturated rings. The summed E-state index contributed by atoms with van der Waals surface area (Å²) in [6, 6.07) is 52.0. The van der Waals surface area contributed by atoms with E-state index in [0.29, 0.717) is 0 Å². The zero-order valence-corrected chi connectivity index (χ0v) is 26.2. The van der Waals surface area contributed by atoms with Crippen molar-refractivity contribution in [1.82, 2.24) is 9.55 Å². The minimum absolute atomic E-state index is 0.160. The Morgan fingerprint density at radius 1 is 0.532 bits per heavy atom. The van der Waals surface area contributed by atoms with Crippen molar-refractivity contribution in [3.63, 3.8) is 0 Å². The summed E-state index contributed by atoms with van der Waals surface area (Å²) in [7, 11) is 0. The monoisotopic (exact) mass is 602 g/mol. The molecule has 0 radical (unpaired) electrons. The first kappa shape index (κ1) is 26.3. The fraction of sp³-hybridized carbons (Fsp3) is 0.0682.